The molecule has 6 nitrogen and oxygen atoms in total. The van der Waals surface area contributed by atoms with Gasteiger partial charge in [-0.3, -0.25) is 9.59 Å². The number of aliphatic hydroxyl groups is 2. The Morgan fingerprint density at radius 3 is 2.60 bits per heavy atom. The number of aliphatic carboxylic acids is 1. The fourth-order valence-corrected chi connectivity index (χ4v) is 4.49. The molecule has 30 heavy (non-hydrogen) atoms. The van der Waals surface area contributed by atoms with Crippen LogP contribution in [0.4, 0.5) is 0 Å². The average Bonchev–Trinajstić information content (AvgIpc) is 2.66. The number of aliphatic hydroxyl groups excluding tert-OH is 2. The molecule has 7 atom stereocenters. The van der Waals surface area contributed by atoms with Crippen LogP contribution in [0.3, 0.4) is 0 Å². The van der Waals surface area contributed by atoms with Gasteiger partial charge in [-0.05, 0) is 55.9 Å². The molecule has 0 fully saturated rings. The maximum atomic E-state index is 12.4. The third kappa shape index (κ3) is 7.79. The van der Waals surface area contributed by atoms with Crippen LogP contribution in [0.5, 0.6) is 0 Å². The molecule has 165 valence electrons. The number of esters is 1. The van der Waals surface area contributed by atoms with Crippen LogP contribution in [-0.2, 0) is 14.3 Å². The largest absolute Gasteiger partial charge is 0.481 e. The van der Waals surface area contributed by atoms with E-state index < -0.39 is 18.2 Å². The van der Waals surface area contributed by atoms with Crippen molar-refractivity contribution in [1.29, 1.82) is 0 Å². The minimum Gasteiger partial charge on any atom is -0.481 e. The fourth-order valence-electron chi connectivity index (χ4n) is 4.49. The number of carboxylic acids is 1. The molecule has 0 heterocycles. The number of fused-ring (bicyclic) bond motifs is 1. The van der Waals surface area contributed by atoms with Gasteiger partial charge in [0.1, 0.15) is 6.10 Å². The summed E-state index contributed by atoms with van der Waals surface area (Å²) < 4.78 is 5.93. The zero-order valence-corrected chi connectivity index (χ0v) is 20.8. The Balaban J connectivity index is 0.00000450. The van der Waals surface area contributed by atoms with E-state index in [1.807, 2.05) is 13.8 Å². The summed E-state index contributed by atoms with van der Waals surface area (Å²) in [7, 11) is 0. The van der Waals surface area contributed by atoms with Gasteiger partial charge in [-0.1, -0.05) is 39.0 Å². The van der Waals surface area contributed by atoms with Crippen molar-refractivity contribution in [1.82, 2.24) is 0 Å². The van der Waals surface area contributed by atoms with Crippen LogP contribution in [0.1, 0.15) is 65.7 Å². The number of hydrogen-bond donors (Lipinski definition) is 3. The van der Waals surface area contributed by atoms with Crippen molar-refractivity contribution in [3.8, 4) is 0 Å². The van der Waals surface area contributed by atoms with Crippen LogP contribution < -0.4 is 0 Å². The van der Waals surface area contributed by atoms with Gasteiger partial charge in [0.25, 0.3) is 0 Å². The second-order valence-electron chi connectivity index (χ2n) is 8.69. The van der Waals surface area contributed by atoms with Gasteiger partial charge in [-0.15, -0.1) is 0 Å². The standard InChI is InChI=1S/C23H36O6.Na/c1-4-14(2)23(28)29-20-7-5-6-16-9-8-15(3)19(22(16)20)11-10-17(24)12-18(25)13-21(26)27;/h6,8-9,14-15,17-20,22,24-25H,4-5,7,10-13H2,1-3H3,(H,26,27);/t14-,15-,17+,18+,19-,20-,22-;/m0./s1. The molecule has 0 aliphatic heterocycles. The number of ether oxygens (including phenoxy) is 1. The van der Waals surface area contributed by atoms with Crippen molar-refractivity contribution in [3.05, 3.63) is 23.8 Å². The van der Waals surface area contributed by atoms with Crippen molar-refractivity contribution >= 4 is 41.5 Å². The number of carbonyl (C=O) groups excluding carboxylic acids is 1. The summed E-state index contributed by atoms with van der Waals surface area (Å²) in [5.41, 5.74) is 1.21. The molecule has 0 bridgehead atoms. The van der Waals surface area contributed by atoms with E-state index in [0.717, 1.165) is 25.7 Å². The molecule has 0 unspecified atom stereocenters. The summed E-state index contributed by atoms with van der Waals surface area (Å²) in [6, 6.07) is 0. The summed E-state index contributed by atoms with van der Waals surface area (Å²) in [6.07, 6.45) is 7.97. The monoisotopic (exact) mass is 431 g/mol. The second-order valence-corrected chi connectivity index (χ2v) is 8.69. The Hall–Kier alpha value is -0.660. The molecule has 2 aliphatic rings. The molecule has 0 aromatic rings. The topological polar surface area (TPSA) is 104 Å². The smallest absolute Gasteiger partial charge is 0.308 e. The first-order chi connectivity index (χ1) is 13.7. The van der Waals surface area contributed by atoms with Gasteiger partial charge in [-0.25, -0.2) is 0 Å². The third-order valence-corrected chi connectivity index (χ3v) is 6.42. The van der Waals surface area contributed by atoms with Gasteiger partial charge in [0, 0.05) is 35.5 Å². The van der Waals surface area contributed by atoms with Crippen LogP contribution in [-0.4, -0.2) is 75.1 Å². The molecule has 0 spiro atoms. The van der Waals surface area contributed by atoms with Gasteiger partial charge < -0.3 is 20.1 Å². The van der Waals surface area contributed by atoms with Gasteiger partial charge in [-0.2, -0.15) is 0 Å². The molecule has 7 heteroatoms. The predicted octanol–water partition coefficient (Wildman–Crippen LogP) is 3.09. The van der Waals surface area contributed by atoms with Crippen LogP contribution in [0, 0.1) is 23.7 Å². The van der Waals surface area contributed by atoms with Gasteiger partial charge in [0.15, 0.2) is 0 Å². The number of carbonyl (C=O) groups is 2. The third-order valence-electron chi connectivity index (χ3n) is 6.42. The number of allylic oxidation sites excluding steroid dienone is 3. The van der Waals surface area contributed by atoms with E-state index in [1.165, 1.54) is 5.57 Å². The number of carboxylic acid groups (broad SMARTS) is 1. The van der Waals surface area contributed by atoms with Crippen molar-refractivity contribution < 1.29 is 29.6 Å². The molecule has 0 saturated heterocycles. The fraction of sp³-hybridized carbons (Fsp3) is 0.739. The Labute approximate surface area is 202 Å². The van der Waals surface area contributed by atoms with Crippen molar-refractivity contribution in [2.75, 3.05) is 0 Å². The Bertz CT molecular complexity index is 631. The van der Waals surface area contributed by atoms with Gasteiger partial charge in [0.05, 0.1) is 24.5 Å². The van der Waals surface area contributed by atoms with E-state index in [-0.39, 0.29) is 78.1 Å². The molecule has 2 aliphatic carbocycles. The summed E-state index contributed by atoms with van der Waals surface area (Å²) in [5.74, 6) is -0.691. The normalized spacial score (nSPS) is 28.4. The SMILES string of the molecule is CC[C@H](C)C(=O)O[C@H]1CCC=C2C=C[C@H](C)[C@H](CC[C@@H](O)C[C@@H](O)CC(=O)O)[C@H]21.[Na]. The zero-order chi connectivity index (χ0) is 21.6. The molecule has 0 saturated carbocycles. The maximum absolute atomic E-state index is 12.4. The summed E-state index contributed by atoms with van der Waals surface area (Å²) in [6.45, 7) is 6.01. The van der Waals surface area contributed by atoms with Crippen LogP contribution in [0.25, 0.3) is 0 Å². The van der Waals surface area contributed by atoms with Crippen LogP contribution in [0.2, 0.25) is 0 Å². The summed E-state index contributed by atoms with van der Waals surface area (Å²) in [4.78, 5) is 23.1. The first-order valence-electron chi connectivity index (χ1n) is 10.9. The summed E-state index contributed by atoms with van der Waals surface area (Å²) in [5, 5.41) is 28.8. The molecular formula is C23H36NaO6. The Kier molecular flexibility index (Phi) is 11.9. The predicted molar refractivity (Wildman–Crippen MR) is 116 cm³/mol. The molecule has 0 amide bonds. The zero-order valence-electron chi connectivity index (χ0n) is 18.8. The van der Waals surface area contributed by atoms with Gasteiger partial charge in [0.2, 0.25) is 0 Å². The molecule has 0 aromatic carbocycles. The maximum Gasteiger partial charge on any atom is 0.308 e. The van der Waals surface area contributed by atoms with Crippen LogP contribution in [0.15, 0.2) is 23.8 Å². The van der Waals surface area contributed by atoms with E-state index in [4.69, 9.17) is 9.84 Å². The first kappa shape index (κ1) is 27.4. The van der Waals surface area contributed by atoms with E-state index >= 15 is 0 Å². The number of rotatable bonds is 10. The molecular weight excluding hydrogens is 395 g/mol. The van der Waals surface area contributed by atoms with E-state index in [0.29, 0.717) is 6.42 Å². The quantitative estimate of drug-likeness (QED) is 0.363. The second kappa shape index (κ2) is 13.0. The van der Waals surface area contributed by atoms with Crippen molar-refractivity contribution in [2.45, 2.75) is 84.0 Å². The van der Waals surface area contributed by atoms with Crippen molar-refractivity contribution in [2.24, 2.45) is 23.7 Å². The Morgan fingerprint density at radius 2 is 1.97 bits per heavy atom. The molecule has 0 aromatic heterocycles. The van der Waals surface area contributed by atoms with E-state index in [9.17, 15) is 19.8 Å². The number of hydrogen-bond acceptors (Lipinski definition) is 5. The van der Waals surface area contributed by atoms with Crippen molar-refractivity contribution in [3.63, 3.8) is 0 Å². The first-order valence-corrected chi connectivity index (χ1v) is 10.9. The minimum atomic E-state index is -1.07. The minimum absolute atomic E-state index is 0. The van der Waals surface area contributed by atoms with E-state index in [2.05, 4.69) is 25.2 Å². The summed E-state index contributed by atoms with van der Waals surface area (Å²) >= 11 is 0. The van der Waals surface area contributed by atoms with Gasteiger partial charge >= 0.3 is 11.9 Å². The molecule has 3 N–H and O–H groups in total. The Morgan fingerprint density at radius 1 is 1.27 bits per heavy atom. The molecule has 1 radical (unpaired) electrons. The average molecular weight is 432 g/mol. The van der Waals surface area contributed by atoms with Crippen LogP contribution >= 0.6 is 0 Å². The van der Waals surface area contributed by atoms with E-state index in [1.54, 1.807) is 0 Å². The molecule has 2 rings (SSSR count).